The summed E-state index contributed by atoms with van der Waals surface area (Å²) >= 11 is 1.43. The van der Waals surface area contributed by atoms with Crippen molar-refractivity contribution in [3.05, 3.63) is 27.4 Å². The van der Waals surface area contributed by atoms with Crippen molar-refractivity contribution < 1.29 is 13.9 Å². The second kappa shape index (κ2) is 6.37. The van der Waals surface area contributed by atoms with E-state index in [0.717, 1.165) is 10.7 Å². The maximum absolute atomic E-state index is 12.7. The number of rotatable bonds is 3. The average molecular weight is 336 g/mol. The van der Waals surface area contributed by atoms with Crippen LogP contribution in [0.4, 0.5) is 0 Å². The largest absolute Gasteiger partial charge is 0.422 e. The Morgan fingerprint density at radius 1 is 1.35 bits per heavy atom. The first kappa shape index (κ1) is 16.1. The summed E-state index contributed by atoms with van der Waals surface area (Å²) in [5.74, 6) is 1.18. The summed E-state index contributed by atoms with van der Waals surface area (Å²) in [5, 5.41) is 8.99. The van der Waals surface area contributed by atoms with E-state index in [9.17, 15) is 4.79 Å². The number of carbonyl (C=O) groups excluding carboxylic acids is 1. The molecule has 7 nitrogen and oxygen atoms in total. The van der Waals surface area contributed by atoms with Gasteiger partial charge >= 0.3 is 0 Å². The molecular formula is C15H20N4O3S. The number of morpholine rings is 1. The number of thiazole rings is 1. The van der Waals surface area contributed by atoms with Crippen molar-refractivity contribution in [3.8, 4) is 0 Å². The maximum atomic E-state index is 12.7. The van der Waals surface area contributed by atoms with Crippen LogP contribution in [-0.2, 0) is 4.74 Å². The lowest BCUT2D eigenvalue weighted by Crippen LogP contribution is -2.42. The van der Waals surface area contributed by atoms with Gasteiger partial charge in [-0.25, -0.2) is 4.98 Å². The highest BCUT2D eigenvalue weighted by molar-refractivity contribution is 7.13. The Balaban J connectivity index is 1.75. The van der Waals surface area contributed by atoms with E-state index in [-0.39, 0.29) is 17.9 Å². The number of hydrogen-bond acceptors (Lipinski definition) is 7. The third-order valence-corrected chi connectivity index (χ3v) is 4.74. The smallest absolute Gasteiger partial charge is 0.266 e. The second-order valence-electron chi connectivity index (χ2n) is 5.89. The SMILES string of the molecule is Cc1nc(C)c(C(=O)N2CCO[C@H](c3nnc(C(C)C)o3)C2)s1. The molecule has 0 saturated carbocycles. The molecule has 0 aromatic carbocycles. The first-order valence-electron chi connectivity index (χ1n) is 7.64. The molecule has 23 heavy (non-hydrogen) atoms. The van der Waals surface area contributed by atoms with Crippen LogP contribution in [0.3, 0.4) is 0 Å². The molecular weight excluding hydrogens is 316 g/mol. The summed E-state index contributed by atoms with van der Waals surface area (Å²) in [6.45, 7) is 9.16. The van der Waals surface area contributed by atoms with Gasteiger partial charge in [0.25, 0.3) is 5.91 Å². The van der Waals surface area contributed by atoms with Gasteiger partial charge in [0.1, 0.15) is 4.88 Å². The predicted molar refractivity (Wildman–Crippen MR) is 84.6 cm³/mol. The zero-order chi connectivity index (χ0) is 16.6. The average Bonchev–Trinajstić information content (AvgIpc) is 3.13. The van der Waals surface area contributed by atoms with Gasteiger partial charge in [0.05, 0.1) is 23.9 Å². The van der Waals surface area contributed by atoms with Crippen LogP contribution in [0.25, 0.3) is 0 Å². The third-order valence-electron chi connectivity index (χ3n) is 3.68. The van der Waals surface area contributed by atoms with Crippen molar-refractivity contribution >= 4 is 17.2 Å². The number of nitrogens with zero attached hydrogens (tertiary/aromatic N) is 4. The van der Waals surface area contributed by atoms with E-state index in [2.05, 4.69) is 15.2 Å². The van der Waals surface area contributed by atoms with Crippen LogP contribution in [0.1, 0.15) is 58.0 Å². The molecule has 1 aliphatic heterocycles. The Kier molecular flexibility index (Phi) is 4.45. The summed E-state index contributed by atoms with van der Waals surface area (Å²) in [7, 11) is 0. The molecule has 0 N–H and O–H groups in total. The molecule has 1 atom stereocenters. The summed E-state index contributed by atoms with van der Waals surface area (Å²) < 4.78 is 11.4. The van der Waals surface area contributed by atoms with Gasteiger partial charge in [-0.15, -0.1) is 21.5 Å². The van der Waals surface area contributed by atoms with Gasteiger partial charge in [-0.1, -0.05) is 13.8 Å². The van der Waals surface area contributed by atoms with Crippen molar-refractivity contribution in [3.63, 3.8) is 0 Å². The van der Waals surface area contributed by atoms with Gasteiger partial charge in [-0.05, 0) is 13.8 Å². The lowest BCUT2D eigenvalue weighted by molar-refractivity contribution is -0.0350. The molecule has 3 rings (SSSR count). The fraction of sp³-hybridized carbons (Fsp3) is 0.600. The van der Waals surface area contributed by atoms with Gasteiger partial charge in [0.2, 0.25) is 11.8 Å². The third kappa shape index (κ3) is 3.28. The number of hydrogen-bond donors (Lipinski definition) is 0. The topological polar surface area (TPSA) is 81.4 Å². The molecule has 3 heterocycles. The Bertz CT molecular complexity index is 709. The van der Waals surface area contributed by atoms with Crippen LogP contribution in [0.2, 0.25) is 0 Å². The molecule has 1 saturated heterocycles. The minimum atomic E-state index is -0.373. The van der Waals surface area contributed by atoms with Crippen LogP contribution < -0.4 is 0 Å². The van der Waals surface area contributed by atoms with Gasteiger partial charge in [0.15, 0.2) is 6.10 Å². The van der Waals surface area contributed by atoms with Crippen molar-refractivity contribution in [1.82, 2.24) is 20.1 Å². The number of amides is 1. The van der Waals surface area contributed by atoms with E-state index >= 15 is 0 Å². The molecule has 1 fully saturated rings. The molecule has 124 valence electrons. The zero-order valence-corrected chi connectivity index (χ0v) is 14.5. The fourth-order valence-corrected chi connectivity index (χ4v) is 3.35. The van der Waals surface area contributed by atoms with Crippen molar-refractivity contribution in [2.75, 3.05) is 19.7 Å². The second-order valence-corrected chi connectivity index (χ2v) is 7.09. The first-order valence-corrected chi connectivity index (χ1v) is 8.45. The molecule has 0 aliphatic carbocycles. The highest BCUT2D eigenvalue weighted by atomic mass is 32.1. The van der Waals surface area contributed by atoms with Gasteiger partial charge in [0, 0.05) is 12.5 Å². The van der Waals surface area contributed by atoms with E-state index in [4.69, 9.17) is 9.15 Å². The summed E-state index contributed by atoms with van der Waals surface area (Å²) in [6.07, 6.45) is -0.373. The van der Waals surface area contributed by atoms with Crippen LogP contribution in [0.5, 0.6) is 0 Å². The Morgan fingerprint density at radius 2 is 2.13 bits per heavy atom. The molecule has 0 unspecified atom stereocenters. The Labute approximate surface area is 138 Å². The number of aromatic nitrogens is 3. The fourth-order valence-electron chi connectivity index (χ4n) is 2.47. The minimum absolute atomic E-state index is 0.00926. The lowest BCUT2D eigenvalue weighted by Gasteiger charge is -2.31. The normalized spacial score (nSPS) is 18.7. The van der Waals surface area contributed by atoms with E-state index in [1.54, 1.807) is 4.90 Å². The Hall–Kier alpha value is -1.80. The van der Waals surface area contributed by atoms with Crippen LogP contribution >= 0.6 is 11.3 Å². The molecule has 0 radical (unpaired) electrons. The van der Waals surface area contributed by atoms with Gasteiger partial charge < -0.3 is 14.1 Å². The molecule has 0 bridgehead atoms. The van der Waals surface area contributed by atoms with Gasteiger partial charge in [-0.3, -0.25) is 4.79 Å². The number of carbonyl (C=O) groups is 1. The lowest BCUT2D eigenvalue weighted by atomic mass is 10.2. The minimum Gasteiger partial charge on any atom is -0.422 e. The van der Waals surface area contributed by atoms with Crippen molar-refractivity contribution in [1.29, 1.82) is 0 Å². The van der Waals surface area contributed by atoms with E-state index in [1.165, 1.54) is 11.3 Å². The molecule has 0 spiro atoms. The molecule has 2 aromatic heterocycles. The number of ether oxygens (including phenoxy) is 1. The maximum Gasteiger partial charge on any atom is 0.266 e. The quantitative estimate of drug-likeness (QED) is 0.856. The first-order chi connectivity index (χ1) is 11.0. The highest BCUT2D eigenvalue weighted by Gasteiger charge is 2.31. The molecule has 2 aromatic rings. The predicted octanol–water partition coefficient (Wildman–Crippen LogP) is 2.48. The van der Waals surface area contributed by atoms with E-state index in [0.29, 0.717) is 36.4 Å². The molecule has 8 heteroatoms. The summed E-state index contributed by atoms with van der Waals surface area (Å²) in [4.78, 5) is 19.5. The molecule has 1 amide bonds. The van der Waals surface area contributed by atoms with Crippen molar-refractivity contribution in [2.45, 2.75) is 39.7 Å². The van der Waals surface area contributed by atoms with Gasteiger partial charge in [-0.2, -0.15) is 0 Å². The summed E-state index contributed by atoms with van der Waals surface area (Å²) in [6, 6.07) is 0. The van der Waals surface area contributed by atoms with Crippen LogP contribution in [-0.4, -0.2) is 45.7 Å². The molecule has 1 aliphatic rings. The number of aryl methyl sites for hydroxylation is 2. The van der Waals surface area contributed by atoms with Crippen LogP contribution in [0, 0.1) is 13.8 Å². The van der Waals surface area contributed by atoms with Crippen LogP contribution in [0.15, 0.2) is 4.42 Å². The van der Waals surface area contributed by atoms with Crippen molar-refractivity contribution in [2.24, 2.45) is 0 Å². The highest BCUT2D eigenvalue weighted by Crippen LogP contribution is 2.26. The standard InChI is InChI=1S/C15H20N4O3S/c1-8(2)13-17-18-14(22-13)11-7-19(5-6-21-11)15(20)12-9(3)16-10(4)23-12/h8,11H,5-7H2,1-4H3/t11-/m0/s1. The Morgan fingerprint density at radius 3 is 2.74 bits per heavy atom. The summed E-state index contributed by atoms with van der Waals surface area (Å²) in [5.41, 5.74) is 0.778. The zero-order valence-electron chi connectivity index (χ0n) is 13.7. The van der Waals surface area contributed by atoms with E-state index < -0.39 is 0 Å². The monoisotopic (exact) mass is 336 g/mol. The van der Waals surface area contributed by atoms with E-state index in [1.807, 2.05) is 27.7 Å².